The molecule has 2 unspecified atom stereocenters. The maximum absolute atomic E-state index is 5.33. The SMILES string of the molecule is CN=C(NCC(C)N(C)C1CC1)N(C)Cc1csc(C(C)OC)n1.I. The van der Waals surface area contributed by atoms with E-state index >= 15 is 0 Å². The molecule has 0 amide bonds. The number of aliphatic imine (C=N–C) groups is 1. The summed E-state index contributed by atoms with van der Waals surface area (Å²) < 4.78 is 5.33. The van der Waals surface area contributed by atoms with Crippen LogP contribution in [-0.4, -0.2) is 67.6 Å². The summed E-state index contributed by atoms with van der Waals surface area (Å²) in [7, 11) is 7.80. The predicted octanol–water partition coefficient (Wildman–Crippen LogP) is 2.96. The maximum Gasteiger partial charge on any atom is 0.193 e. The Bertz CT molecular complexity index is 549. The van der Waals surface area contributed by atoms with Gasteiger partial charge in [-0.25, -0.2) is 4.98 Å². The van der Waals surface area contributed by atoms with Crippen LogP contribution in [0.5, 0.6) is 0 Å². The minimum absolute atomic E-state index is 0. The van der Waals surface area contributed by atoms with Gasteiger partial charge < -0.3 is 15.0 Å². The van der Waals surface area contributed by atoms with E-state index < -0.39 is 0 Å². The fourth-order valence-corrected chi connectivity index (χ4v) is 3.45. The lowest BCUT2D eigenvalue weighted by Gasteiger charge is -2.27. The van der Waals surface area contributed by atoms with Crippen LogP contribution in [0.15, 0.2) is 10.4 Å². The van der Waals surface area contributed by atoms with Crippen molar-refractivity contribution in [3.63, 3.8) is 0 Å². The molecule has 2 rings (SSSR count). The highest BCUT2D eigenvalue weighted by molar-refractivity contribution is 14.0. The second kappa shape index (κ2) is 10.6. The summed E-state index contributed by atoms with van der Waals surface area (Å²) in [4.78, 5) is 13.6. The van der Waals surface area contributed by atoms with E-state index in [0.29, 0.717) is 6.04 Å². The molecule has 0 aliphatic heterocycles. The molecule has 1 aromatic rings. The molecule has 25 heavy (non-hydrogen) atoms. The van der Waals surface area contributed by atoms with E-state index in [1.807, 2.05) is 21.0 Å². The van der Waals surface area contributed by atoms with Crippen LogP contribution in [0, 0.1) is 0 Å². The number of likely N-dealkylation sites (N-methyl/N-ethyl adjacent to an activating group) is 1. The van der Waals surface area contributed by atoms with Crippen molar-refractivity contribution in [2.45, 2.75) is 51.4 Å². The van der Waals surface area contributed by atoms with Gasteiger partial charge >= 0.3 is 0 Å². The molecule has 0 saturated heterocycles. The van der Waals surface area contributed by atoms with E-state index in [0.717, 1.165) is 35.8 Å². The minimum atomic E-state index is 0. The molecule has 1 heterocycles. The third kappa shape index (κ3) is 6.65. The first-order chi connectivity index (χ1) is 11.5. The van der Waals surface area contributed by atoms with Gasteiger partial charge in [0.2, 0.25) is 0 Å². The Hall–Kier alpha value is -0.450. The Morgan fingerprint density at radius 1 is 1.44 bits per heavy atom. The van der Waals surface area contributed by atoms with Crippen molar-refractivity contribution < 1.29 is 4.74 Å². The van der Waals surface area contributed by atoms with Gasteiger partial charge in [-0.3, -0.25) is 9.89 Å². The molecular formula is C17H32IN5OS. The number of hydrogen-bond acceptors (Lipinski definition) is 5. The molecule has 144 valence electrons. The standard InChI is InChI=1S/C17H31N5OS.HI/c1-12(22(5)15-7-8-15)9-19-17(18-3)21(4)10-14-11-24-16(20-14)13(2)23-6;/h11-13,15H,7-10H2,1-6H3,(H,18,19);1H. The van der Waals surface area contributed by atoms with Crippen molar-refractivity contribution in [3.8, 4) is 0 Å². The van der Waals surface area contributed by atoms with Crippen LogP contribution < -0.4 is 5.32 Å². The number of methoxy groups -OCH3 is 1. The number of rotatable bonds is 8. The monoisotopic (exact) mass is 481 g/mol. The van der Waals surface area contributed by atoms with Crippen LogP contribution in [0.2, 0.25) is 0 Å². The van der Waals surface area contributed by atoms with Crippen molar-refractivity contribution in [1.82, 2.24) is 20.1 Å². The second-order valence-corrected chi connectivity index (χ2v) is 7.47. The zero-order valence-corrected chi connectivity index (χ0v) is 19.3. The molecule has 0 spiro atoms. The van der Waals surface area contributed by atoms with Crippen LogP contribution in [0.25, 0.3) is 0 Å². The van der Waals surface area contributed by atoms with Gasteiger partial charge in [0.05, 0.1) is 12.2 Å². The van der Waals surface area contributed by atoms with Crippen LogP contribution in [0.3, 0.4) is 0 Å². The maximum atomic E-state index is 5.33. The molecule has 0 aromatic carbocycles. The van der Waals surface area contributed by atoms with Gasteiger partial charge in [-0.15, -0.1) is 35.3 Å². The Morgan fingerprint density at radius 2 is 2.12 bits per heavy atom. The predicted molar refractivity (Wildman–Crippen MR) is 116 cm³/mol. The highest BCUT2D eigenvalue weighted by Gasteiger charge is 2.29. The average Bonchev–Trinajstić information content (AvgIpc) is 3.33. The lowest BCUT2D eigenvalue weighted by Crippen LogP contribution is -2.45. The van der Waals surface area contributed by atoms with Crippen LogP contribution in [0.4, 0.5) is 0 Å². The highest BCUT2D eigenvalue weighted by atomic mass is 127. The highest BCUT2D eigenvalue weighted by Crippen LogP contribution is 2.26. The van der Waals surface area contributed by atoms with E-state index in [1.165, 1.54) is 12.8 Å². The second-order valence-electron chi connectivity index (χ2n) is 6.58. The Labute approximate surface area is 173 Å². The summed E-state index contributed by atoms with van der Waals surface area (Å²) in [6.45, 7) is 5.91. The first kappa shape index (κ1) is 22.6. The fourth-order valence-electron chi connectivity index (χ4n) is 2.61. The molecule has 1 saturated carbocycles. The zero-order chi connectivity index (χ0) is 17.7. The van der Waals surface area contributed by atoms with Crippen LogP contribution in [0.1, 0.15) is 43.5 Å². The summed E-state index contributed by atoms with van der Waals surface area (Å²) >= 11 is 1.65. The summed E-state index contributed by atoms with van der Waals surface area (Å²) in [5.74, 6) is 0.903. The van der Waals surface area contributed by atoms with Crippen molar-refractivity contribution in [2.24, 2.45) is 4.99 Å². The number of aromatic nitrogens is 1. The molecule has 6 nitrogen and oxygen atoms in total. The minimum Gasteiger partial charge on any atom is -0.375 e. The Morgan fingerprint density at radius 3 is 2.68 bits per heavy atom. The first-order valence-corrected chi connectivity index (χ1v) is 9.45. The molecule has 0 radical (unpaired) electrons. The van der Waals surface area contributed by atoms with E-state index in [2.05, 4.69) is 44.4 Å². The van der Waals surface area contributed by atoms with E-state index in [-0.39, 0.29) is 30.1 Å². The lowest BCUT2D eigenvalue weighted by molar-refractivity contribution is 0.119. The smallest absolute Gasteiger partial charge is 0.193 e. The van der Waals surface area contributed by atoms with Crippen LogP contribution in [-0.2, 0) is 11.3 Å². The molecule has 1 fully saturated rings. The van der Waals surface area contributed by atoms with Gasteiger partial charge in [-0.2, -0.15) is 0 Å². The number of nitrogens with one attached hydrogen (secondary N) is 1. The van der Waals surface area contributed by atoms with Gasteiger partial charge in [-0.1, -0.05) is 0 Å². The topological polar surface area (TPSA) is 53.0 Å². The van der Waals surface area contributed by atoms with E-state index in [4.69, 9.17) is 4.74 Å². The molecule has 8 heteroatoms. The molecular weight excluding hydrogens is 449 g/mol. The quantitative estimate of drug-likeness (QED) is 0.352. The van der Waals surface area contributed by atoms with Crippen molar-refractivity contribution in [3.05, 3.63) is 16.1 Å². The van der Waals surface area contributed by atoms with Gasteiger partial charge in [0.15, 0.2) is 5.96 Å². The van der Waals surface area contributed by atoms with Crippen LogP contribution >= 0.6 is 35.3 Å². The van der Waals surface area contributed by atoms with E-state index in [9.17, 15) is 0 Å². The van der Waals surface area contributed by atoms with Gasteiger partial charge in [-0.05, 0) is 33.7 Å². The summed E-state index contributed by atoms with van der Waals surface area (Å²) in [5.41, 5.74) is 1.05. The van der Waals surface area contributed by atoms with E-state index in [1.54, 1.807) is 18.4 Å². The molecule has 1 aliphatic carbocycles. The average molecular weight is 481 g/mol. The number of hydrogen-bond donors (Lipinski definition) is 1. The fraction of sp³-hybridized carbons (Fsp3) is 0.765. The third-order valence-corrected chi connectivity index (χ3v) is 5.67. The molecule has 1 aliphatic rings. The number of nitrogens with zero attached hydrogens (tertiary/aromatic N) is 4. The molecule has 1 aromatic heterocycles. The number of guanidine groups is 1. The first-order valence-electron chi connectivity index (χ1n) is 8.57. The largest absolute Gasteiger partial charge is 0.375 e. The van der Waals surface area contributed by atoms with Gasteiger partial charge in [0.1, 0.15) is 11.1 Å². The molecule has 0 bridgehead atoms. The zero-order valence-electron chi connectivity index (χ0n) is 16.2. The summed E-state index contributed by atoms with van der Waals surface area (Å²) in [5, 5.41) is 6.59. The third-order valence-electron chi connectivity index (χ3n) is 4.62. The Kier molecular flexibility index (Phi) is 9.61. The number of halogens is 1. The van der Waals surface area contributed by atoms with Gasteiger partial charge in [0, 0.05) is 45.2 Å². The normalized spacial score (nSPS) is 17.2. The Balaban J connectivity index is 0.00000312. The van der Waals surface area contributed by atoms with Crippen molar-refractivity contribution in [1.29, 1.82) is 0 Å². The van der Waals surface area contributed by atoms with Crippen molar-refractivity contribution >= 4 is 41.3 Å². The number of ether oxygens (including phenoxy) is 1. The van der Waals surface area contributed by atoms with Gasteiger partial charge in [0.25, 0.3) is 0 Å². The lowest BCUT2D eigenvalue weighted by atomic mass is 10.3. The summed E-state index contributed by atoms with van der Waals surface area (Å²) in [6, 6.07) is 1.27. The van der Waals surface area contributed by atoms with Crippen molar-refractivity contribution in [2.75, 3.05) is 34.8 Å². The molecule has 1 N–H and O–H groups in total. The number of thiazole rings is 1. The summed E-state index contributed by atoms with van der Waals surface area (Å²) in [6.07, 6.45) is 2.72. The molecule has 2 atom stereocenters.